The van der Waals surface area contributed by atoms with Crippen molar-refractivity contribution in [3.05, 3.63) is 28.8 Å². The van der Waals surface area contributed by atoms with Crippen molar-refractivity contribution in [1.82, 2.24) is 5.32 Å². The highest BCUT2D eigenvalue weighted by molar-refractivity contribution is 6.31. The molecule has 0 atom stereocenters. The van der Waals surface area contributed by atoms with Crippen LogP contribution in [0.1, 0.15) is 29.6 Å². The maximum absolute atomic E-state index is 11.7. The zero-order valence-corrected chi connectivity index (χ0v) is 11.0. The molecular formula is C13H15ClN2O3. The van der Waals surface area contributed by atoms with Crippen LogP contribution in [0.5, 0.6) is 0 Å². The minimum atomic E-state index is -1.12. The van der Waals surface area contributed by atoms with Crippen molar-refractivity contribution in [2.24, 2.45) is 0 Å². The minimum absolute atomic E-state index is 0.00370. The van der Waals surface area contributed by atoms with E-state index in [2.05, 4.69) is 10.6 Å². The molecule has 19 heavy (non-hydrogen) atoms. The van der Waals surface area contributed by atoms with Crippen molar-refractivity contribution in [1.29, 1.82) is 0 Å². The summed E-state index contributed by atoms with van der Waals surface area (Å²) in [6.07, 6.45) is 2.65. The summed E-state index contributed by atoms with van der Waals surface area (Å²) in [6.45, 7) is 0.604. The van der Waals surface area contributed by atoms with Crippen LogP contribution in [0.3, 0.4) is 0 Å². The van der Waals surface area contributed by atoms with Crippen LogP contribution in [0.25, 0.3) is 0 Å². The van der Waals surface area contributed by atoms with Crippen LogP contribution < -0.4 is 10.6 Å². The number of benzene rings is 1. The molecule has 0 radical (unpaired) electrons. The Bertz CT molecular complexity index is 501. The Morgan fingerprint density at radius 1 is 1.37 bits per heavy atom. The van der Waals surface area contributed by atoms with E-state index in [0.717, 1.165) is 0 Å². The van der Waals surface area contributed by atoms with Crippen LogP contribution in [0.2, 0.25) is 5.02 Å². The van der Waals surface area contributed by atoms with E-state index in [-0.39, 0.29) is 17.2 Å². The van der Waals surface area contributed by atoms with E-state index >= 15 is 0 Å². The van der Waals surface area contributed by atoms with Gasteiger partial charge in [-0.3, -0.25) is 4.79 Å². The van der Waals surface area contributed by atoms with Crippen molar-refractivity contribution in [2.75, 3.05) is 11.9 Å². The van der Waals surface area contributed by atoms with Crippen LogP contribution in [0, 0.1) is 0 Å². The zero-order valence-electron chi connectivity index (χ0n) is 10.3. The van der Waals surface area contributed by atoms with E-state index in [1.54, 1.807) is 6.07 Å². The number of rotatable bonds is 6. The number of halogens is 1. The Labute approximate surface area is 116 Å². The average Bonchev–Trinajstić information content (AvgIpc) is 3.15. The van der Waals surface area contributed by atoms with E-state index in [4.69, 9.17) is 16.7 Å². The van der Waals surface area contributed by atoms with E-state index in [0.29, 0.717) is 24.0 Å². The lowest BCUT2D eigenvalue weighted by atomic mass is 10.1. The number of carboxylic acid groups (broad SMARTS) is 1. The van der Waals surface area contributed by atoms with Crippen molar-refractivity contribution >= 4 is 29.2 Å². The number of aromatic carboxylic acids is 1. The van der Waals surface area contributed by atoms with Gasteiger partial charge in [0.25, 0.3) is 0 Å². The molecule has 0 aromatic heterocycles. The lowest BCUT2D eigenvalue weighted by Crippen LogP contribution is -2.23. The van der Waals surface area contributed by atoms with Crippen molar-refractivity contribution in [3.63, 3.8) is 0 Å². The topological polar surface area (TPSA) is 78.4 Å². The SMILES string of the molecule is O=C(CCNC1CC1)Nc1ccc(Cl)cc1C(=O)O. The Hall–Kier alpha value is -1.59. The molecule has 1 aromatic carbocycles. The maximum atomic E-state index is 11.7. The van der Waals surface area contributed by atoms with Gasteiger partial charge < -0.3 is 15.7 Å². The van der Waals surface area contributed by atoms with E-state index in [9.17, 15) is 9.59 Å². The Balaban J connectivity index is 1.93. The summed E-state index contributed by atoms with van der Waals surface area (Å²) >= 11 is 5.74. The molecule has 3 N–H and O–H groups in total. The summed E-state index contributed by atoms with van der Waals surface area (Å²) in [5.74, 6) is -1.33. The first-order valence-electron chi connectivity index (χ1n) is 6.12. The second-order valence-corrected chi connectivity index (χ2v) is 4.96. The van der Waals surface area contributed by atoms with Crippen LogP contribution in [0.15, 0.2) is 18.2 Å². The van der Waals surface area contributed by atoms with Crippen LogP contribution >= 0.6 is 11.6 Å². The Morgan fingerprint density at radius 2 is 2.11 bits per heavy atom. The summed E-state index contributed by atoms with van der Waals surface area (Å²) in [6, 6.07) is 4.92. The normalized spacial score (nSPS) is 14.2. The smallest absolute Gasteiger partial charge is 0.337 e. The van der Waals surface area contributed by atoms with E-state index in [1.165, 1.54) is 25.0 Å². The highest BCUT2D eigenvalue weighted by Crippen LogP contribution is 2.21. The first kappa shape index (κ1) is 13.8. The van der Waals surface area contributed by atoms with Gasteiger partial charge in [-0.05, 0) is 31.0 Å². The maximum Gasteiger partial charge on any atom is 0.337 e. The molecule has 102 valence electrons. The summed E-state index contributed by atoms with van der Waals surface area (Å²) in [4.78, 5) is 22.7. The fraction of sp³-hybridized carbons (Fsp3) is 0.385. The van der Waals surface area contributed by atoms with Gasteiger partial charge in [-0.2, -0.15) is 0 Å². The van der Waals surface area contributed by atoms with Gasteiger partial charge in [-0.15, -0.1) is 0 Å². The van der Waals surface area contributed by atoms with Gasteiger partial charge in [0.2, 0.25) is 5.91 Å². The van der Waals surface area contributed by atoms with Crippen molar-refractivity contribution in [3.8, 4) is 0 Å². The van der Waals surface area contributed by atoms with Crippen molar-refractivity contribution in [2.45, 2.75) is 25.3 Å². The molecule has 1 amide bonds. The molecule has 1 aromatic rings. The second-order valence-electron chi connectivity index (χ2n) is 4.52. The monoisotopic (exact) mass is 282 g/mol. The number of hydrogen-bond acceptors (Lipinski definition) is 3. The molecule has 0 unspecified atom stereocenters. The molecule has 0 spiro atoms. The van der Waals surface area contributed by atoms with E-state index in [1.807, 2.05) is 0 Å². The molecule has 0 heterocycles. The molecule has 5 nitrogen and oxygen atoms in total. The number of carbonyl (C=O) groups is 2. The highest BCUT2D eigenvalue weighted by Gasteiger charge is 2.20. The predicted octanol–water partition coefficient (Wildman–Crippen LogP) is 2.12. The van der Waals surface area contributed by atoms with Crippen molar-refractivity contribution < 1.29 is 14.7 Å². The highest BCUT2D eigenvalue weighted by atomic mass is 35.5. The summed E-state index contributed by atoms with van der Waals surface area (Å²) in [5.41, 5.74) is 0.268. The molecule has 6 heteroatoms. The molecule has 0 saturated heterocycles. The third-order valence-corrected chi connectivity index (χ3v) is 3.08. The standard InChI is InChI=1S/C13H15ClN2O3/c14-8-1-4-11(10(7-8)13(18)19)16-12(17)5-6-15-9-2-3-9/h1,4,7,9,15H,2-3,5-6H2,(H,16,17)(H,18,19). The quantitative estimate of drug-likeness (QED) is 0.747. The lowest BCUT2D eigenvalue weighted by molar-refractivity contribution is -0.116. The summed E-state index contributed by atoms with van der Waals surface area (Å²) in [5, 5.41) is 15.2. The van der Waals surface area contributed by atoms with Gasteiger partial charge in [0.05, 0.1) is 11.3 Å². The first-order valence-corrected chi connectivity index (χ1v) is 6.50. The van der Waals surface area contributed by atoms with Gasteiger partial charge in [-0.1, -0.05) is 11.6 Å². The number of anilines is 1. The van der Waals surface area contributed by atoms with Gasteiger partial charge in [-0.25, -0.2) is 4.79 Å². The second kappa shape index (κ2) is 6.04. The predicted molar refractivity (Wildman–Crippen MR) is 72.7 cm³/mol. The third kappa shape index (κ3) is 4.22. The number of hydrogen-bond donors (Lipinski definition) is 3. The summed E-state index contributed by atoms with van der Waals surface area (Å²) in [7, 11) is 0. The molecule has 2 rings (SSSR count). The fourth-order valence-corrected chi connectivity index (χ4v) is 1.86. The van der Waals surface area contributed by atoms with Gasteiger partial charge in [0.15, 0.2) is 0 Å². The molecule has 1 fully saturated rings. The number of carboxylic acids is 1. The van der Waals surface area contributed by atoms with Crippen LogP contribution in [-0.4, -0.2) is 29.6 Å². The van der Waals surface area contributed by atoms with Crippen LogP contribution in [0.4, 0.5) is 5.69 Å². The molecule has 1 saturated carbocycles. The average molecular weight is 283 g/mol. The van der Waals surface area contributed by atoms with Gasteiger partial charge in [0, 0.05) is 24.0 Å². The minimum Gasteiger partial charge on any atom is -0.478 e. The van der Waals surface area contributed by atoms with E-state index < -0.39 is 5.97 Å². The zero-order chi connectivity index (χ0) is 13.8. The fourth-order valence-electron chi connectivity index (χ4n) is 1.69. The number of carbonyl (C=O) groups excluding carboxylic acids is 1. The first-order chi connectivity index (χ1) is 9.06. The molecule has 1 aliphatic carbocycles. The number of nitrogens with one attached hydrogen (secondary N) is 2. The number of amides is 1. The molecular weight excluding hydrogens is 268 g/mol. The summed E-state index contributed by atoms with van der Waals surface area (Å²) < 4.78 is 0. The molecule has 1 aliphatic rings. The third-order valence-electron chi connectivity index (χ3n) is 2.85. The largest absolute Gasteiger partial charge is 0.478 e. The van der Waals surface area contributed by atoms with Gasteiger partial charge in [0.1, 0.15) is 0 Å². The lowest BCUT2D eigenvalue weighted by Gasteiger charge is -2.09. The Morgan fingerprint density at radius 3 is 2.74 bits per heavy atom. The van der Waals surface area contributed by atoms with Crippen LogP contribution in [-0.2, 0) is 4.79 Å². The van der Waals surface area contributed by atoms with Gasteiger partial charge >= 0.3 is 5.97 Å². The Kier molecular flexibility index (Phi) is 4.39. The molecule has 0 bridgehead atoms. The molecule has 0 aliphatic heterocycles.